The summed E-state index contributed by atoms with van der Waals surface area (Å²) in [7, 11) is 0. The van der Waals surface area contributed by atoms with E-state index in [1.807, 2.05) is 6.92 Å². The lowest BCUT2D eigenvalue weighted by atomic mass is 10.1. The maximum absolute atomic E-state index is 13.2. The van der Waals surface area contributed by atoms with Gasteiger partial charge in [-0.2, -0.15) is 13.2 Å². The average molecular weight is 435 g/mol. The first-order valence-corrected chi connectivity index (χ1v) is 9.33. The number of carbonyl (C=O) groups is 1. The van der Waals surface area contributed by atoms with Gasteiger partial charge < -0.3 is 24.6 Å². The molecule has 0 fully saturated rings. The van der Waals surface area contributed by atoms with E-state index in [0.29, 0.717) is 23.9 Å². The van der Waals surface area contributed by atoms with Crippen LogP contribution in [0.1, 0.15) is 18.2 Å². The lowest BCUT2D eigenvalue weighted by molar-refractivity contribution is -0.137. The number of hydrogen-bond donors (Lipinski definition) is 2. The molecule has 0 aliphatic rings. The standard InChI is InChI=1S/C21H20F3N3O4/c1-3-29-15-5-7-16(8-6-15)30-18-9-4-14(21(22,23)24)11-17(18)25-12-20(28)26-19-10-13(2)31-27-19/h4-11,25H,3,12H2,1-2H3,(H,26,27,28). The van der Waals surface area contributed by atoms with Gasteiger partial charge in [0.1, 0.15) is 17.3 Å². The van der Waals surface area contributed by atoms with Crippen molar-refractivity contribution in [2.45, 2.75) is 20.0 Å². The summed E-state index contributed by atoms with van der Waals surface area (Å²) in [6, 6.07) is 11.1. The molecule has 1 aromatic heterocycles. The van der Waals surface area contributed by atoms with Crippen LogP contribution in [0.25, 0.3) is 0 Å². The van der Waals surface area contributed by atoms with E-state index in [-0.39, 0.29) is 23.8 Å². The summed E-state index contributed by atoms with van der Waals surface area (Å²) in [6.45, 7) is 3.70. The fourth-order valence-electron chi connectivity index (χ4n) is 2.62. The Kier molecular flexibility index (Phi) is 6.68. The number of anilines is 2. The first kappa shape index (κ1) is 22.0. The Morgan fingerprint density at radius 2 is 1.81 bits per heavy atom. The summed E-state index contributed by atoms with van der Waals surface area (Å²) in [5, 5.41) is 8.80. The van der Waals surface area contributed by atoms with Crippen molar-refractivity contribution >= 4 is 17.4 Å². The molecule has 0 saturated carbocycles. The van der Waals surface area contributed by atoms with E-state index in [4.69, 9.17) is 14.0 Å². The third-order valence-corrected chi connectivity index (χ3v) is 4.00. The van der Waals surface area contributed by atoms with Gasteiger partial charge in [-0.25, -0.2) is 0 Å². The molecule has 3 rings (SSSR count). The van der Waals surface area contributed by atoms with Gasteiger partial charge in [-0.1, -0.05) is 5.16 Å². The molecule has 0 spiro atoms. The van der Waals surface area contributed by atoms with Gasteiger partial charge in [-0.3, -0.25) is 4.79 Å². The van der Waals surface area contributed by atoms with E-state index in [2.05, 4.69) is 15.8 Å². The third kappa shape index (κ3) is 6.14. The highest BCUT2D eigenvalue weighted by molar-refractivity contribution is 5.93. The van der Waals surface area contributed by atoms with E-state index in [0.717, 1.165) is 12.1 Å². The molecule has 0 radical (unpaired) electrons. The summed E-state index contributed by atoms with van der Waals surface area (Å²) in [5.41, 5.74) is -0.864. The molecule has 0 aliphatic heterocycles. The Hall–Kier alpha value is -3.69. The molecule has 7 nitrogen and oxygen atoms in total. The fourth-order valence-corrected chi connectivity index (χ4v) is 2.62. The Morgan fingerprint density at radius 3 is 2.42 bits per heavy atom. The van der Waals surface area contributed by atoms with E-state index < -0.39 is 17.6 Å². The predicted octanol–water partition coefficient (Wildman–Crippen LogP) is 5.24. The number of nitrogens with one attached hydrogen (secondary N) is 2. The molecule has 0 atom stereocenters. The van der Waals surface area contributed by atoms with E-state index in [1.54, 1.807) is 31.2 Å². The highest BCUT2D eigenvalue weighted by Gasteiger charge is 2.31. The van der Waals surface area contributed by atoms with Gasteiger partial charge in [-0.15, -0.1) is 0 Å². The van der Waals surface area contributed by atoms with Crippen molar-refractivity contribution in [1.29, 1.82) is 0 Å². The molecule has 2 aromatic carbocycles. The number of amides is 1. The van der Waals surface area contributed by atoms with Crippen LogP contribution < -0.4 is 20.1 Å². The zero-order valence-corrected chi connectivity index (χ0v) is 16.7. The normalized spacial score (nSPS) is 11.1. The molecule has 0 bridgehead atoms. The lowest BCUT2D eigenvalue weighted by Crippen LogP contribution is -2.22. The second-order valence-electron chi connectivity index (χ2n) is 6.44. The molecular weight excluding hydrogens is 415 g/mol. The van der Waals surface area contributed by atoms with Crippen molar-refractivity contribution in [3.05, 3.63) is 59.9 Å². The Balaban J connectivity index is 1.76. The van der Waals surface area contributed by atoms with Crippen molar-refractivity contribution in [3.63, 3.8) is 0 Å². The highest BCUT2D eigenvalue weighted by atomic mass is 19.4. The summed E-state index contributed by atoms with van der Waals surface area (Å²) in [4.78, 5) is 12.1. The Morgan fingerprint density at radius 1 is 1.10 bits per heavy atom. The second kappa shape index (κ2) is 9.41. The Labute approximate surface area is 176 Å². The lowest BCUT2D eigenvalue weighted by Gasteiger charge is -2.16. The molecule has 1 heterocycles. The molecule has 0 unspecified atom stereocenters. The molecular formula is C21H20F3N3O4. The number of benzene rings is 2. The maximum atomic E-state index is 13.2. The van der Waals surface area contributed by atoms with E-state index in [1.165, 1.54) is 12.1 Å². The number of aryl methyl sites for hydroxylation is 1. The van der Waals surface area contributed by atoms with Crippen LogP contribution in [-0.4, -0.2) is 24.2 Å². The van der Waals surface area contributed by atoms with Crippen LogP contribution >= 0.6 is 0 Å². The number of halogens is 3. The van der Waals surface area contributed by atoms with Crippen molar-refractivity contribution in [1.82, 2.24) is 5.16 Å². The molecule has 0 saturated heterocycles. The first-order chi connectivity index (χ1) is 14.7. The maximum Gasteiger partial charge on any atom is 0.416 e. The molecule has 10 heteroatoms. The molecule has 164 valence electrons. The van der Waals surface area contributed by atoms with E-state index in [9.17, 15) is 18.0 Å². The van der Waals surface area contributed by atoms with Crippen molar-refractivity contribution in [3.8, 4) is 17.2 Å². The predicted molar refractivity (Wildman–Crippen MR) is 107 cm³/mol. The van der Waals surface area contributed by atoms with Gasteiger partial charge in [-0.05, 0) is 56.3 Å². The molecule has 1 amide bonds. The highest BCUT2D eigenvalue weighted by Crippen LogP contribution is 2.37. The van der Waals surface area contributed by atoms with Gasteiger partial charge in [0, 0.05) is 6.07 Å². The smallest absolute Gasteiger partial charge is 0.416 e. The number of rotatable bonds is 8. The first-order valence-electron chi connectivity index (χ1n) is 9.33. The SMILES string of the molecule is CCOc1ccc(Oc2ccc(C(F)(F)F)cc2NCC(=O)Nc2cc(C)on2)cc1. The van der Waals surface area contributed by atoms with Gasteiger partial charge >= 0.3 is 6.18 Å². The van der Waals surface area contributed by atoms with Crippen LogP contribution in [0.15, 0.2) is 53.1 Å². The number of alkyl halides is 3. The monoisotopic (exact) mass is 435 g/mol. The van der Waals surface area contributed by atoms with Gasteiger partial charge in [0.2, 0.25) is 5.91 Å². The molecule has 3 aromatic rings. The Bertz CT molecular complexity index is 1030. The van der Waals surface area contributed by atoms with Crippen LogP contribution in [0, 0.1) is 6.92 Å². The zero-order valence-electron chi connectivity index (χ0n) is 16.7. The second-order valence-corrected chi connectivity index (χ2v) is 6.44. The van der Waals surface area contributed by atoms with Crippen LogP contribution in [0.5, 0.6) is 17.2 Å². The van der Waals surface area contributed by atoms with Crippen molar-refractivity contribution < 1.29 is 32.0 Å². The number of carbonyl (C=O) groups excluding carboxylic acids is 1. The van der Waals surface area contributed by atoms with Gasteiger partial charge in [0.15, 0.2) is 11.6 Å². The van der Waals surface area contributed by atoms with Crippen LogP contribution in [0.2, 0.25) is 0 Å². The minimum atomic E-state index is -4.55. The summed E-state index contributed by atoms with van der Waals surface area (Å²) < 4.78 is 55.4. The molecule has 0 aliphatic carbocycles. The van der Waals surface area contributed by atoms with Gasteiger partial charge in [0.25, 0.3) is 0 Å². The zero-order chi connectivity index (χ0) is 22.4. The number of hydrogen-bond acceptors (Lipinski definition) is 6. The minimum absolute atomic E-state index is 0.00944. The summed E-state index contributed by atoms with van der Waals surface area (Å²) >= 11 is 0. The van der Waals surface area contributed by atoms with Crippen molar-refractivity contribution in [2.75, 3.05) is 23.8 Å². The topological polar surface area (TPSA) is 85.6 Å². The molecule has 31 heavy (non-hydrogen) atoms. The largest absolute Gasteiger partial charge is 0.494 e. The van der Waals surface area contributed by atoms with Crippen LogP contribution in [0.3, 0.4) is 0 Å². The fraction of sp³-hybridized carbons (Fsp3) is 0.238. The number of ether oxygens (including phenoxy) is 2. The van der Waals surface area contributed by atoms with Crippen LogP contribution in [0.4, 0.5) is 24.7 Å². The van der Waals surface area contributed by atoms with Crippen molar-refractivity contribution in [2.24, 2.45) is 0 Å². The summed E-state index contributed by atoms with van der Waals surface area (Å²) in [6.07, 6.45) is -4.55. The average Bonchev–Trinajstić information content (AvgIpc) is 3.12. The third-order valence-electron chi connectivity index (χ3n) is 4.00. The number of nitrogens with zero attached hydrogens (tertiary/aromatic N) is 1. The quantitative estimate of drug-likeness (QED) is 0.503. The molecule has 2 N–H and O–H groups in total. The van der Waals surface area contributed by atoms with Crippen LogP contribution in [-0.2, 0) is 11.0 Å². The minimum Gasteiger partial charge on any atom is -0.494 e. The van der Waals surface area contributed by atoms with E-state index >= 15 is 0 Å². The summed E-state index contributed by atoms with van der Waals surface area (Å²) in [5.74, 6) is 1.36. The van der Waals surface area contributed by atoms with Gasteiger partial charge in [0.05, 0.1) is 24.4 Å². The number of aromatic nitrogens is 1.